The molecular formula is C8H11N3O2. The summed E-state index contributed by atoms with van der Waals surface area (Å²) < 4.78 is 0. The molecule has 0 radical (unpaired) electrons. The standard InChI is InChI=1S/C8H11N3O2/c1-5-7(12)10-6(3-4-9-2)11-8(5)13/h9H,1,3-4H2,2H3,(H,10,11,12,13). The molecular weight excluding hydrogens is 170 g/mol. The van der Waals surface area contributed by atoms with Crippen molar-refractivity contribution in [2.45, 2.75) is 6.42 Å². The lowest BCUT2D eigenvalue weighted by Crippen LogP contribution is -2.39. The van der Waals surface area contributed by atoms with Gasteiger partial charge in [0, 0.05) is 13.0 Å². The zero-order valence-corrected chi connectivity index (χ0v) is 7.39. The van der Waals surface area contributed by atoms with E-state index in [0.717, 1.165) is 0 Å². The first-order chi connectivity index (χ1) is 6.15. The monoisotopic (exact) mass is 181 g/mol. The van der Waals surface area contributed by atoms with E-state index >= 15 is 0 Å². The minimum Gasteiger partial charge on any atom is -0.319 e. The largest absolute Gasteiger partial charge is 0.319 e. The summed E-state index contributed by atoms with van der Waals surface area (Å²) in [5, 5.41) is 5.37. The molecule has 13 heavy (non-hydrogen) atoms. The molecule has 70 valence electrons. The van der Waals surface area contributed by atoms with Gasteiger partial charge in [0.15, 0.2) is 0 Å². The SMILES string of the molecule is C=C1C(=O)N=C(CCNC)NC1=O. The lowest BCUT2D eigenvalue weighted by molar-refractivity contribution is -0.121. The van der Waals surface area contributed by atoms with Gasteiger partial charge >= 0.3 is 0 Å². The smallest absolute Gasteiger partial charge is 0.283 e. The summed E-state index contributed by atoms with van der Waals surface area (Å²) >= 11 is 0. The summed E-state index contributed by atoms with van der Waals surface area (Å²) in [6, 6.07) is 0. The number of rotatable bonds is 3. The molecule has 0 aromatic heterocycles. The average Bonchev–Trinajstić information content (AvgIpc) is 2.10. The fraction of sp³-hybridized carbons (Fsp3) is 0.375. The van der Waals surface area contributed by atoms with Crippen LogP contribution in [-0.4, -0.2) is 31.2 Å². The van der Waals surface area contributed by atoms with Crippen molar-refractivity contribution in [3.05, 3.63) is 12.2 Å². The Bertz CT molecular complexity index is 294. The summed E-state index contributed by atoms with van der Waals surface area (Å²) in [7, 11) is 1.78. The second kappa shape index (κ2) is 3.95. The van der Waals surface area contributed by atoms with Crippen LogP contribution in [0.1, 0.15) is 6.42 Å². The quantitative estimate of drug-likeness (QED) is 0.442. The highest BCUT2D eigenvalue weighted by atomic mass is 16.2. The molecule has 1 aliphatic heterocycles. The first kappa shape index (κ1) is 9.60. The lowest BCUT2D eigenvalue weighted by atomic mass is 10.2. The van der Waals surface area contributed by atoms with Crippen molar-refractivity contribution in [2.24, 2.45) is 4.99 Å². The van der Waals surface area contributed by atoms with Crippen molar-refractivity contribution in [3.8, 4) is 0 Å². The molecule has 1 rings (SSSR count). The van der Waals surface area contributed by atoms with Crippen LogP contribution < -0.4 is 10.6 Å². The first-order valence-corrected chi connectivity index (χ1v) is 3.92. The van der Waals surface area contributed by atoms with Gasteiger partial charge in [0.1, 0.15) is 5.84 Å². The minimum absolute atomic E-state index is 0.104. The van der Waals surface area contributed by atoms with Crippen molar-refractivity contribution >= 4 is 17.6 Å². The van der Waals surface area contributed by atoms with E-state index in [1.807, 2.05) is 0 Å². The second-order valence-electron chi connectivity index (χ2n) is 2.65. The fourth-order valence-corrected chi connectivity index (χ4v) is 0.883. The molecule has 0 aliphatic carbocycles. The third kappa shape index (κ3) is 2.22. The van der Waals surface area contributed by atoms with Gasteiger partial charge < -0.3 is 10.6 Å². The Morgan fingerprint density at radius 1 is 1.54 bits per heavy atom. The molecule has 0 saturated heterocycles. The molecule has 0 aromatic rings. The number of amides is 2. The van der Waals surface area contributed by atoms with E-state index in [2.05, 4.69) is 22.2 Å². The Kier molecular flexibility index (Phi) is 2.92. The molecule has 0 fully saturated rings. The van der Waals surface area contributed by atoms with Crippen LogP contribution in [0.3, 0.4) is 0 Å². The summed E-state index contributed by atoms with van der Waals surface area (Å²) in [6.07, 6.45) is 0.529. The van der Waals surface area contributed by atoms with E-state index < -0.39 is 11.8 Å². The van der Waals surface area contributed by atoms with Gasteiger partial charge in [0.05, 0.1) is 5.57 Å². The summed E-state index contributed by atoms with van der Waals surface area (Å²) in [5.41, 5.74) is -0.104. The van der Waals surface area contributed by atoms with E-state index in [9.17, 15) is 9.59 Å². The summed E-state index contributed by atoms with van der Waals surface area (Å²) in [5.74, 6) is -0.599. The number of nitrogens with one attached hydrogen (secondary N) is 2. The van der Waals surface area contributed by atoms with Crippen molar-refractivity contribution in [2.75, 3.05) is 13.6 Å². The van der Waals surface area contributed by atoms with Crippen molar-refractivity contribution in [3.63, 3.8) is 0 Å². The van der Waals surface area contributed by atoms with E-state index in [0.29, 0.717) is 18.8 Å². The van der Waals surface area contributed by atoms with Crippen LogP contribution in [0.4, 0.5) is 0 Å². The average molecular weight is 181 g/mol. The van der Waals surface area contributed by atoms with Crippen LogP contribution >= 0.6 is 0 Å². The Morgan fingerprint density at radius 3 is 2.77 bits per heavy atom. The Morgan fingerprint density at radius 2 is 2.23 bits per heavy atom. The Hall–Kier alpha value is -1.49. The van der Waals surface area contributed by atoms with Crippen molar-refractivity contribution in [1.29, 1.82) is 0 Å². The molecule has 1 aliphatic rings. The minimum atomic E-state index is -0.546. The van der Waals surface area contributed by atoms with Gasteiger partial charge in [0.2, 0.25) is 0 Å². The normalized spacial score (nSPS) is 17.0. The number of hydrogen-bond donors (Lipinski definition) is 2. The summed E-state index contributed by atoms with van der Waals surface area (Å²) in [4.78, 5) is 25.7. The predicted octanol–water partition coefficient (Wildman–Crippen LogP) is -0.793. The summed E-state index contributed by atoms with van der Waals surface area (Å²) in [6.45, 7) is 3.97. The zero-order valence-electron chi connectivity index (χ0n) is 7.39. The number of amidine groups is 1. The van der Waals surface area contributed by atoms with Crippen LogP contribution in [-0.2, 0) is 9.59 Å². The predicted molar refractivity (Wildman–Crippen MR) is 48.3 cm³/mol. The number of carbonyl (C=O) groups is 2. The number of carbonyl (C=O) groups excluding carboxylic acids is 2. The topological polar surface area (TPSA) is 70.6 Å². The van der Waals surface area contributed by atoms with Crippen LogP contribution in [0.25, 0.3) is 0 Å². The highest BCUT2D eigenvalue weighted by molar-refractivity contribution is 6.27. The van der Waals surface area contributed by atoms with Gasteiger partial charge in [0.25, 0.3) is 11.8 Å². The molecule has 2 N–H and O–H groups in total. The molecule has 5 nitrogen and oxygen atoms in total. The van der Waals surface area contributed by atoms with Crippen LogP contribution in [0, 0.1) is 0 Å². The maximum Gasteiger partial charge on any atom is 0.283 e. The lowest BCUT2D eigenvalue weighted by Gasteiger charge is -2.13. The second-order valence-corrected chi connectivity index (χ2v) is 2.65. The van der Waals surface area contributed by atoms with Gasteiger partial charge in [-0.15, -0.1) is 0 Å². The highest BCUT2D eigenvalue weighted by Gasteiger charge is 2.22. The first-order valence-electron chi connectivity index (χ1n) is 3.92. The third-order valence-corrected chi connectivity index (χ3v) is 1.64. The number of hydrogen-bond acceptors (Lipinski definition) is 3. The molecule has 5 heteroatoms. The Balaban J connectivity index is 2.68. The molecule has 0 spiro atoms. The van der Waals surface area contributed by atoms with Gasteiger partial charge in [-0.05, 0) is 7.05 Å². The fourth-order valence-electron chi connectivity index (χ4n) is 0.883. The van der Waals surface area contributed by atoms with Crippen molar-refractivity contribution in [1.82, 2.24) is 10.6 Å². The van der Waals surface area contributed by atoms with E-state index in [1.165, 1.54) is 0 Å². The third-order valence-electron chi connectivity index (χ3n) is 1.64. The van der Waals surface area contributed by atoms with E-state index in [1.54, 1.807) is 7.05 Å². The molecule has 1 heterocycles. The van der Waals surface area contributed by atoms with Crippen LogP contribution in [0.5, 0.6) is 0 Å². The maximum absolute atomic E-state index is 11.0. The van der Waals surface area contributed by atoms with Gasteiger partial charge in [-0.3, -0.25) is 9.59 Å². The maximum atomic E-state index is 11.0. The zero-order chi connectivity index (χ0) is 9.84. The molecule has 0 aromatic carbocycles. The van der Waals surface area contributed by atoms with Gasteiger partial charge in [-0.1, -0.05) is 6.58 Å². The van der Waals surface area contributed by atoms with Crippen LogP contribution in [0.2, 0.25) is 0 Å². The van der Waals surface area contributed by atoms with Gasteiger partial charge in [-0.25, -0.2) is 0 Å². The Labute approximate surface area is 75.9 Å². The molecule has 0 atom stereocenters. The molecule has 0 saturated carbocycles. The molecule has 0 unspecified atom stereocenters. The van der Waals surface area contributed by atoms with Gasteiger partial charge in [-0.2, -0.15) is 4.99 Å². The van der Waals surface area contributed by atoms with Crippen LogP contribution in [0.15, 0.2) is 17.1 Å². The van der Waals surface area contributed by atoms with E-state index in [-0.39, 0.29) is 5.57 Å². The number of nitrogens with zero attached hydrogens (tertiary/aromatic N) is 1. The number of aliphatic imine (C=N–C) groups is 1. The van der Waals surface area contributed by atoms with E-state index in [4.69, 9.17) is 0 Å². The highest BCUT2D eigenvalue weighted by Crippen LogP contribution is 2.01. The molecule has 0 bridgehead atoms. The molecule has 2 amide bonds. The van der Waals surface area contributed by atoms with Crippen molar-refractivity contribution < 1.29 is 9.59 Å².